The Morgan fingerprint density at radius 1 is 1.04 bits per heavy atom. The summed E-state index contributed by atoms with van der Waals surface area (Å²) < 4.78 is 10.7. The molecule has 25 heavy (non-hydrogen) atoms. The quantitative estimate of drug-likeness (QED) is 0.714. The number of aryl methyl sites for hydroxylation is 1. The van der Waals surface area contributed by atoms with Crippen LogP contribution < -0.4 is 20.1 Å². The van der Waals surface area contributed by atoms with E-state index in [2.05, 4.69) is 39.6 Å². The summed E-state index contributed by atoms with van der Waals surface area (Å²) in [5.74, 6) is 3.98. The van der Waals surface area contributed by atoms with Crippen LogP contribution in [0.4, 0.5) is 11.6 Å². The normalized spacial score (nSPS) is 12.5. The SMILES string of the molecule is Cc1nc(NCCCN(C)C)cc(NCc2ccc3c(c2)OCO3)n1. The first-order valence-corrected chi connectivity index (χ1v) is 8.47. The van der Waals surface area contributed by atoms with E-state index in [4.69, 9.17) is 9.47 Å². The highest BCUT2D eigenvalue weighted by Crippen LogP contribution is 2.32. The molecule has 2 N–H and O–H groups in total. The van der Waals surface area contributed by atoms with Gasteiger partial charge < -0.3 is 25.0 Å². The van der Waals surface area contributed by atoms with Gasteiger partial charge in [0.05, 0.1) is 0 Å². The Hall–Kier alpha value is -2.54. The topological polar surface area (TPSA) is 71.5 Å². The monoisotopic (exact) mass is 343 g/mol. The summed E-state index contributed by atoms with van der Waals surface area (Å²) in [6.07, 6.45) is 1.07. The Morgan fingerprint density at radius 2 is 1.80 bits per heavy atom. The van der Waals surface area contributed by atoms with Crippen LogP contribution in [0.3, 0.4) is 0 Å². The first-order chi connectivity index (χ1) is 12.1. The third-order valence-corrected chi connectivity index (χ3v) is 3.84. The van der Waals surface area contributed by atoms with E-state index in [1.165, 1.54) is 0 Å². The van der Waals surface area contributed by atoms with Crippen LogP contribution in [0.15, 0.2) is 24.3 Å². The molecular weight excluding hydrogens is 318 g/mol. The molecule has 7 nitrogen and oxygen atoms in total. The predicted molar refractivity (Wildman–Crippen MR) is 98.3 cm³/mol. The molecule has 0 bridgehead atoms. The van der Waals surface area contributed by atoms with Gasteiger partial charge in [-0.15, -0.1) is 0 Å². The molecule has 0 saturated carbocycles. The number of rotatable bonds is 8. The first kappa shape index (κ1) is 17.3. The number of hydrogen-bond donors (Lipinski definition) is 2. The second-order valence-corrected chi connectivity index (χ2v) is 6.31. The van der Waals surface area contributed by atoms with Crippen molar-refractivity contribution in [1.29, 1.82) is 0 Å². The van der Waals surface area contributed by atoms with Crippen molar-refractivity contribution in [2.45, 2.75) is 19.9 Å². The van der Waals surface area contributed by atoms with Gasteiger partial charge in [-0.2, -0.15) is 0 Å². The Labute approximate surface area is 148 Å². The number of benzene rings is 1. The molecule has 7 heteroatoms. The van der Waals surface area contributed by atoms with Crippen molar-refractivity contribution in [3.8, 4) is 11.5 Å². The molecule has 0 aliphatic carbocycles. The van der Waals surface area contributed by atoms with Crippen molar-refractivity contribution in [3.63, 3.8) is 0 Å². The smallest absolute Gasteiger partial charge is 0.231 e. The largest absolute Gasteiger partial charge is 0.454 e. The lowest BCUT2D eigenvalue weighted by Crippen LogP contribution is -2.17. The fraction of sp³-hybridized carbons (Fsp3) is 0.444. The first-order valence-electron chi connectivity index (χ1n) is 8.47. The van der Waals surface area contributed by atoms with E-state index in [1.54, 1.807) is 0 Å². The number of aromatic nitrogens is 2. The molecule has 2 heterocycles. The number of anilines is 2. The minimum absolute atomic E-state index is 0.292. The Bertz CT molecular complexity index is 721. The van der Waals surface area contributed by atoms with Gasteiger partial charge in [-0.05, 0) is 51.7 Å². The van der Waals surface area contributed by atoms with E-state index in [0.29, 0.717) is 13.3 Å². The standard InChI is InChI=1S/C18H25N5O2/c1-13-21-17(19-7-4-8-23(2)3)10-18(22-13)20-11-14-5-6-15-16(9-14)25-12-24-15/h5-6,9-10H,4,7-8,11-12H2,1-3H3,(H2,19,20,21,22). The van der Waals surface area contributed by atoms with Crippen molar-refractivity contribution in [3.05, 3.63) is 35.7 Å². The molecule has 0 atom stereocenters. The van der Waals surface area contributed by atoms with Crippen LogP contribution in [-0.2, 0) is 6.54 Å². The summed E-state index contributed by atoms with van der Waals surface area (Å²) in [6, 6.07) is 7.89. The molecule has 134 valence electrons. The van der Waals surface area contributed by atoms with Gasteiger partial charge in [0, 0.05) is 19.2 Å². The third-order valence-electron chi connectivity index (χ3n) is 3.84. The van der Waals surface area contributed by atoms with E-state index < -0.39 is 0 Å². The molecule has 0 spiro atoms. The van der Waals surface area contributed by atoms with Gasteiger partial charge in [0.15, 0.2) is 11.5 Å². The lowest BCUT2D eigenvalue weighted by Gasteiger charge is -2.12. The van der Waals surface area contributed by atoms with Gasteiger partial charge >= 0.3 is 0 Å². The Morgan fingerprint density at radius 3 is 2.60 bits per heavy atom. The lowest BCUT2D eigenvalue weighted by molar-refractivity contribution is 0.174. The molecule has 0 unspecified atom stereocenters. The van der Waals surface area contributed by atoms with Crippen LogP contribution in [0.25, 0.3) is 0 Å². The summed E-state index contributed by atoms with van der Waals surface area (Å²) in [5.41, 5.74) is 1.11. The maximum atomic E-state index is 5.41. The molecule has 0 amide bonds. The molecule has 0 fully saturated rings. The van der Waals surface area contributed by atoms with Crippen molar-refractivity contribution in [2.24, 2.45) is 0 Å². The van der Waals surface area contributed by atoms with Crippen molar-refractivity contribution >= 4 is 11.6 Å². The number of nitrogens with one attached hydrogen (secondary N) is 2. The zero-order chi connectivity index (χ0) is 17.6. The second-order valence-electron chi connectivity index (χ2n) is 6.31. The molecule has 0 saturated heterocycles. The maximum Gasteiger partial charge on any atom is 0.231 e. The van der Waals surface area contributed by atoms with Gasteiger partial charge in [-0.3, -0.25) is 0 Å². The van der Waals surface area contributed by atoms with Crippen molar-refractivity contribution in [2.75, 3.05) is 44.6 Å². The number of ether oxygens (including phenoxy) is 2. The molecule has 1 aromatic carbocycles. The minimum Gasteiger partial charge on any atom is -0.454 e. The van der Waals surface area contributed by atoms with Crippen LogP contribution in [0, 0.1) is 6.92 Å². The average Bonchev–Trinajstić information content (AvgIpc) is 3.04. The predicted octanol–water partition coefficient (Wildman–Crippen LogP) is 2.49. The number of hydrogen-bond acceptors (Lipinski definition) is 7. The van der Waals surface area contributed by atoms with Gasteiger partial charge in [0.2, 0.25) is 6.79 Å². The zero-order valence-corrected chi connectivity index (χ0v) is 15.0. The van der Waals surface area contributed by atoms with Crippen LogP contribution >= 0.6 is 0 Å². The fourth-order valence-corrected chi connectivity index (χ4v) is 2.60. The second kappa shape index (κ2) is 8.02. The van der Waals surface area contributed by atoms with Crippen LogP contribution in [0.2, 0.25) is 0 Å². The van der Waals surface area contributed by atoms with Gasteiger partial charge in [0.1, 0.15) is 17.5 Å². The molecule has 1 aliphatic rings. The van der Waals surface area contributed by atoms with Gasteiger partial charge in [0.25, 0.3) is 0 Å². The van der Waals surface area contributed by atoms with E-state index in [9.17, 15) is 0 Å². The summed E-state index contributed by atoms with van der Waals surface area (Å²) in [5, 5.41) is 6.71. The highest BCUT2D eigenvalue weighted by molar-refractivity contribution is 5.49. The Balaban J connectivity index is 1.56. The third kappa shape index (κ3) is 4.96. The van der Waals surface area contributed by atoms with E-state index >= 15 is 0 Å². The van der Waals surface area contributed by atoms with Gasteiger partial charge in [-0.1, -0.05) is 6.07 Å². The van der Waals surface area contributed by atoms with Crippen molar-refractivity contribution in [1.82, 2.24) is 14.9 Å². The Kier molecular flexibility index (Phi) is 5.55. The summed E-state index contributed by atoms with van der Waals surface area (Å²) in [4.78, 5) is 11.1. The fourth-order valence-electron chi connectivity index (χ4n) is 2.60. The molecular formula is C18H25N5O2. The average molecular weight is 343 g/mol. The minimum atomic E-state index is 0.292. The van der Waals surface area contributed by atoms with Crippen LogP contribution in [-0.4, -0.2) is 48.8 Å². The molecule has 0 radical (unpaired) electrons. The summed E-state index contributed by atoms with van der Waals surface area (Å²) >= 11 is 0. The maximum absolute atomic E-state index is 5.41. The van der Waals surface area contributed by atoms with Crippen molar-refractivity contribution < 1.29 is 9.47 Å². The molecule has 2 aromatic rings. The highest BCUT2D eigenvalue weighted by Gasteiger charge is 2.13. The zero-order valence-electron chi connectivity index (χ0n) is 15.0. The van der Waals surface area contributed by atoms with E-state index in [1.807, 2.05) is 31.2 Å². The number of nitrogens with zero attached hydrogens (tertiary/aromatic N) is 3. The molecule has 3 rings (SSSR count). The van der Waals surface area contributed by atoms with E-state index in [0.717, 1.165) is 54.0 Å². The summed E-state index contributed by atoms with van der Waals surface area (Å²) in [6.45, 7) is 4.78. The number of fused-ring (bicyclic) bond motifs is 1. The van der Waals surface area contributed by atoms with Gasteiger partial charge in [-0.25, -0.2) is 9.97 Å². The van der Waals surface area contributed by atoms with E-state index in [-0.39, 0.29) is 0 Å². The summed E-state index contributed by atoms with van der Waals surface area (Å²) in [7, 11) is 4.15. The molecule has 1 aromatic heterocycles. The lowest BCUT2D eigenvalue weighted by atomic mass is 10.2. The van der Waals surface area contributed by atoms with Crippen LogP contribution in [0.1, 0.15) is 17.8 Å². The molecule has 1 aliphatic heterocycles. The van der Waals surface area contributed by atoms with Crippen LogP contribution in [0.5, 0.6) is 11.5 Å². The highest BCUT2D eigenvalue weighted by atomic mass is 16.7.